The van der Waals surface area contributed by atoms with Crippen molar-refractivity contribution in [3.05, 3.63) is 59.1 Å². The van der Waals surface area contributed by atoms with Gasteiger partial charge in [-0.2, -0.15) is 8.42 Å². The third-order valence-electron chi connectivity index (χ3n) is 4.40. The monoisotopic (exact) mass is 419 g/mol. The van der Waals surface area contributed by atoms with Gasteiger partial charge in [-0.3, -0.25) is 4.79 Å². The number of rotatable bonds is 7. The molecule has 1 amide bonds. The number of para-hydroxylation sites is 1. The number of hydrogen-bond acceptors (Lipinski definition) is 4. The number of halogens is 1. The molecule has 0 bridgehead atoms. The molecule has 2 aromatic rings. The molecule has 8 heteroatoms. The maximum absolute atomic E-state index is 12.3. The number of anilines is 1. The summed E-state index contributed by atoms with van der Waals surface area (Å²) < 4.78 is 28.4. The molecule has 0 aliphatic carbocycles. The Balaban J connectivity index is 1.49. The Morgan fingerprint density at radius 3 is 2.64 bits per heavy atom. The van der Waals surface area contributed by atoms with Gasteiger partial charge in [0.25, 0.3) is 10.0 Å². The fourth-order valence-electron chi connectivity index (χ4n) is 3.04. The van der Waals surface area contributed by atoms with Crippen LogP contribution < -0.4 is 10.6 Å². The Hall–Kier alpha value is -2.38. The van der Waals surface area contributed by atoms with Crippen molar-refractivity contribution in [3.63, 3.8) is 0 Å². The molecule has 28 heavy (non-hydrogen) atoms. The van der Waals surface area contributed by atoms with Crippen LogP contribution in [0.4, 0.5) is 5.69 Å². The molecule has 148 valence electrons. The minimum Gasteiger partial charge on any atom is -0.356 e. The van der Waals surface area contributed by atoms with E-state index in [0.29, 0.717) is 35.9 Å². The lowest BCUT2D eigenvalue weighted by Crippen LogP contribution is -2.29. The molecule has 1 aliphatic heterocycles. The predicted molar refractivity (Wildman–Crippen MR) is 111 cm³/mol. The molecule has 0 saturated carbocycles. The zero-order valence-corrected chi connectivity index (χ0v) is 17.1. The second kappa shape index (κ2) is 8.75. The van der Waals surface area contributed by atoms with Gasteiger partial charge in [-0.25, -0.2) is 0 Å². The van der Waals surface area contributed by atoms with E-state index < -0.39 is 10.0 Å². The van der Waals surface area contributed by atoms with E-state index in [2.05, 4.69) is 15.0 Å². The van der Waals surface area contributed by atoms with Crippen LogP contribution in [0.2, 0.25) is 5.02 Å². The van der Waals surface area contributed by atoms with Gasteiger partial charge in [0.1, 0.15) is 10.7 Å². The molecule has 3 rings (SSSR count). The van der Waals surface area contributed by atoms with Crippen LogP contribution in [0.1, 0.15) is 25.3 Å². The highest BCUT2D eigenvalue weighted by Gasteiger charge is 2.25. The van der Waals surface area contributed by atoms with Crippen molar-refractivity contribution in [2.45, 2.75) is 31.1 Å². The summed E-state index contributed by atoms with van der Waals surface area (Å²) in [6.45, 7) is 2.43. The first-order chi connectivity index (χ1) is 13.3. The molecular weight excluding hydrogens is 398 g/mol. The van der Waals surface area contributed by atoms with Crippen LogP contribution in [0.15, 0.2) is 57.8 Å². The van der Waals surface area contributed by atoms with E-state index >= 15 is 0 Å². The average Bonchev–Trinajstić information content (AvgIpc) is 2.62. The Bertz CT molecular complexity index is 988. The summed E-state index contributed by atoms with van der Waals surface area (Å²) in [6, 6.07) is 14.2. The van der Waals surface area contributed by atoms with Crippen molar-refractivity contribution in [2.75, 3.05) is 11.9 Å². The summed E-state index contributed by atoms with van der Waals surface area (Å²) in [6.07, 6.45) is 1.39. The molecule has 1 atom stereocenters. The quantitative estimate of drug-likeness (QED) is 0.717. The lowest BCUT2D eigenvalue weighted by molar-refractivity contribution is -0.121. The summed E-state index contributed by atoms with van der Waals surface area (Å²) in [7, 11) is -3.70. The number of amides is 1. The van der Waals surface area contributed by atoms with Gasteiger partial charge in [-0.15, -0.1) is 4.40 Å². The van der Waals surface area contributed by atoms with Gasteiger partial charge >= 0.3 is 0 Å². The Kier molecular flexibility index (Phi) is 6.36. The number of amidine groups is 1. The van der Waals surface area contributed by atoms with E-state index in [1.807, 2.05) is 31.2 Å². The minimum atomic E-state index is -3.70. The van der Waals surface area contributed by atoms with Crippen molar-refractivity contribution in [2.24, 2.45) is 10.3 Å². The fraction of sp³-hybridized carbons (Fsp3) is 0.300. The SMILES string of the molecule is C[C@@H](CC(=O)NCCc1ccc(Cl)cc1)CC1=NS(=O)(=O)c2ccccc2N1. The Morgan fingerprint density at radius 2 is 1.89 bits per heavy atom. The predicted octanol–water partition coefficient (Wildman–Crippen LogP) is 3.63. The lowest BCUT2D eigenvalue weighted by atomic mass is 10.0. The van der Waals surface area contributed by atoms with Crippen LogP contribution in [0.25, 0.3) is 0 Å². The van der Waals surface area contributed by atoms with Crippen LogP contribution in [-0.4, -0.2) is 26.7 Å². The molecule has 0 spiro atoms. The van der Waals surface area contributed by atoms with Gasteiger partial charge in [-0.1, -0.05) is 42.8 Å². The van der Waals surface area contributed by atoms with Crippen LogP contribution in [0.3, 0.4) is 0 Å². The van der Waals surface area contributed by atoms with E-state index in [9.17, 15) is 13.2 Å². The second-order valence-corrected chi connectivity index (χ2v) is 8.88. The fourth-order valence-corrected chi connectivity index (χ4v) is 4.33. The maximum Gasteiger partial charge on any atom is 0.286 e. The Morgan fingerprint density at radius 1 is 1.18 bits per heavy atom. The van der Waals surface area contributed by atoms with E-state index in [4.69, 9.17) is 11.6 Å². The first-order valence-electron chi connectivity index (χ1n) is 9.04. The third kappa shape index (κ3) is 5.33. The van der Waals surface area contributed by atoms with Gasteiger partial charge in [-0.05, 0) is 42.2 Å². The van der Waals surface area contributed by atoms with Crippen molar-refractivity contribution in [3.8, 4) is 0 Å². The Labute approximate surface area is 170 Å². The number of sulfonamides is 1. The average molecular weight is 420 g/mol. The van der Waals surface area contributed by atoms with Crippen LogP contribution in [-0.2, 0) is 21.2 Å². The van der Waals surface area contributed by atoms with Crippen LogP contribution in [0, 0.1) is 5.92 Å². The van der Waals surface area contributed by atoms with Gasteiger partial charge in [0.05, 0.1) is 5.69 Å². The number of nitrogens with zero attached hydrogens (tertiary/aromatic N) is 1. The number of carbonyl (C=O) groups is 1. The molecule has 0 unspecified atom stereocenters. The maximum atomic E-state index is 12.3. The highest BCUT2D eigenvalue weighted by atomic mass is 35.5. The third-order valence-corrected chi connectivity index (χ3v) is 6.02. The molecule has 2 aromatic carbocycles. The van der Waals surface area contributed by atoms with Crippen molar-refractivity contribution in [1.29, 1.82) is 0 Å². The van der Waals surface area contributed by atoms with Gasteiger partial charge in [0.2, 0.25) is 5.91 Å². The number of hydrogen-bond donors (Lipinski definition) is 2. The molecule has 0 fully saturated rings. The van der Waals surface area contributed by atoms with E-state index in [-0.39, 0.29) is 16.7 Å². The molecule has 0 saturated heterocycles. The first-order valence-corrected chi connectivity index (χ1v) is 10.9. The first kappa shape index (κ1) is 20.4. The number of fused-ring (bicyclic) bond motifs is 1. The van der Waals surface area contributed by atoms with E-state index in [1.165, 1.54) is 6.07 Å². The summed E-state index contributed by atoms with van der Waals surface area (Å²) >= 11 is 5.86. The molecule has 1 heterocycles. The van der Waals surface area contributed by atoms with Crippen molar-refractivity contribution < 1.29 is 13.2 Å². The second-order valence-electron chi connectivity index (χ2n) is 6.87. The molecule has 0 radical (unpaired) electrons. The topological polar surface area (TPSA) is 87.6 Å². The van der Waals surface area contributed by atoms with E-state index in [1.54, 1.807) is 18.2 Å². The van der Waals surface area contributed by atoms with Crippen LogP contribution >= 0.6 is 11.6 Å². The standard InChI is InChI=1S/C20H22ClN3O3S/c1-14(13-20(25)22-11-10-15-6-8-16(21)9-7-15)12-19-23-17-4-2-3-5-18(17)28(26,27)24-19/h2-9,14H,10-13H2,1H3,(H,22,25)(H,23,24)/t14-/m1/s1. The largest absolute Gasteiger partial charge is 0.356 e. The van der Waals surface area contributed by atoms with Gasteiger partial charge in [0.15, 0.2) is 0 Å². The van der Waals surface area contributed by atoms with E-state index in [0.717, 1.165) is 12.0 Å². The van der Waals surface area contributed by atoms with Gasteiger partial charge < -0.3 is 10.6 Å². The zero-order valence-electron chi connectivity index (χ0n) is 15.5. The highest BCUT2D eigenvalue weighted by molar-refractivity contribution is 7.90. The summed E-state index contributed by atoms with van der Waals surface area (Å²) in [5.74, 6) is 0.239. The minimum absolute atomic E-state index is 0.0535. The molecule has 1 aliphatic rings. The number of carbonyl (C=O) groups excluding carboxylic acids is 1. The van der Waals surface area contributed by atoms with Crippen molar-refractivity contribution >= 4 is 39.1 Å². The summed E-state index contributed by atoms with van der Waals surface area (Å²) in [5, 5.41) is 6.64. The lowest BCUT2D eigenvalue weighted by Gasteiger charge is -2.20. The number of benzene rings is 2. The van der Waals surface area contributed by atoms with Crippen LogP contribution in [0.5, 0.6) is 0 Å². The smallest absolute Gasteiger partial charge is 0.286 e. The highest BCUT2D eigenvalue weighted by Crippen LogP contribution is 2.28. The molecular formula is C20H22ClN3O3S. The summed E-state index contributed by atoms with van der Waals surface area (Å²) in [5.41, 5.74) is 1.62. The molecule has 2 N–H and O–H groups in total. The number of nitrogens with one attached hydrogen (secondary N) is 2. The molecule has 0 aromatic heterocycles. The van der Waals surface area contributed by atoms with Gasteiger partial charge in [0, 0.05) is 24.4 Å². The molecule has 6 nitrogen and oxygen atoms in total. The van der Waals surface area contributed by atoms with Crippen molar-refractivity contribution in [1.82, 2.24) is 5.32 Å². The summed E-state index contributed by atoms with van der Waals surface area (Å²) in [4.78, 5) is 12.3. The zero-order chi connectivity index (χ0) is 20.1. The normalized spacial score (nSPS) is 15.7.